The second-order valence-corrected chi connectivity index (χ2v) is 3.11. The molecule has 2 heterocycles. The van der Waals surface area contributed by atoms with Crippen molar-refractivity contribution >= 4 is 5.69 Å². The number of aromatic nitrogens is 1. The summed E-state index contributed by atoms with van der Waals surface area (Å²) in [6.07, 6.45) is 1.63. The van der Waals surface area contributed by atoms with E-state index in [4.69, 9.17) is 0 Å². The Bertz CT molecular complexity index is 284. The van der Waals surface area contributed by atoms with Crippen LogP contribution in [-0.2, 0) is 0 Å². The zero-order valence-electron chi connectivity index (χ0n) is 7.40. The third-order valence-corrected chi connectivity index (χ3v) is 2.21. The monoisotopic (exact) mass is 179 g/mol. The fraction of sp³-hybridized carbons (Fsp3) is 0.444. The smallest absolute Gasteiger partial charge is 0.212 e. The van der Waals surface area contributed by atoms with Crippen molar-refractivity contribution in [1.29, 1.82) is 0 Å². The van der Waals surface area contributed by atoms with Gasteiger partial charge >= 0.3 is 0 Å². The minimum atomic E-state index is 0.0935. The average Bonchev–Trinajstić information content (AvgIpc) is 2.19. The van der Waals surface area contributed by atoms with E-state index in [0.29, 0.717) is 0 Å². The van der Waals surface area contributed by atoms with Crippen LogP contribution in [0.2, 0.25) is 0 Å². The third-order valence-electron chi connectivity index (χ3n) is 2.21. The molecule has 0 unspecified atom stereocenters. The lowest BCUT2D eigenvalue weighted by Crippen LogP contribution is -2.43. The first-order chi connectivity index (χ1) is 6.36. The Hall–Kier alpha value is -1.29. The van der Waals surface area contributed by atoms with Gasteiger partial charge in [-0.2, -0.15) is 0 Å². The maximum atomic E-state index is 9.19. The number of hydrogen-bond acceptors (Lipinski definition) is 4. The van der Waals surface area contributed by atoms with Gasteiger partial charge < -0.3 is 15.3 Å². The molecule has 13 heavy (non-hydrogen) atoms. The molecule has 70 valence electrons. The van der Waals surface area contributed by atoms with Crippen LogP contribution in [-0.4, -0.2) is 36.3 Å². The van der Waals surface area contributed by atoms with Crippen molar-refractivity contribution in [3.05, 3.63) is 18.3 Å². The zero-order valence-corrected chi connectivity index (χ0v) is 7.40. The molecule has 0 spiro atoms. The summed E-state index contributed by atoms with van der Waals surface area (Å²) in [6.45, 7) is 3.99. The van der Waals surface area contributed by atoms with Crippen LogP contribution in [0.1, 0.15) is 0 Å². The zero-order chi connectivity index (χ0) is 9.10. The number of nitrogens with one attached hydrogen (secondary N) is 1. The minimum absolute atomic E-state index is 0.0935. The largest absolute Gasteiger partial charge is 0.493 e. The Morgan fingerprint density at radius 3 is 2.85 bits per heavy atom. The van der Waals surface area contributed by atoms with Crippen molar-refractivity contribution < 1.29 is 5.11 Å². The molecule has 2 N–H and O–H groups in total. The van der Waals surface area contributed by atoms with Gasteiger partial charge in [-0.3, -0.25) is 0 Å². The molecule has 4 heteroatoms. The molecule has 0 radical (unpaired) electrons. The molecule has 4 nitrogen and oxygen atoms in total. The van der Waals surface area contributed by atoms with Gasteiger partial charge in [0.15, 0.2) is 0 Å². The first kappa shape index (κ1) is 8.31. The summed E-state index contributed by atoms with van der Waals surface area (Å²) in [5, 5.41) is 12.5. The summed E-state index contributed by atoms with van der Waals surface area (Å²) in [4.78, 5) is 5.98. The molecule has 0 bridgehead atoms. The highest BCUT2D eigenvalue weighted by atomic mass is 16.3. The number of anilines is 1. The summed E-state index contributed by atoms with van der Waals surface area (Å²) >= 11 is 0. The lowest BCUT2D eigenvalue weighted by molar-refractivity contribution is 0.453. The van der Waals surface area contributed by atoms with E-state index < -0.39 is 0 Å². The van der Waals surface area contributed by atoms with E-state index in [1.54, 1.807) is 12.3 Å². The number of nitrogens with zero attached hydrogens (tertiary/aromatic N) is 2. The van der Waals surface area contributed by atoms with E-state index in [2.05, 4.69) is 15.2 Å². The number of rotatable bonds is 1. The highest BCUT2D eigenvalue weighted by Gasteiger charge is 2.10. The SMILES string of the molecule is Oc1cc(N2CCNCC2)ccn1. The van der Waals surface area contributed by atoms with Crippen molar-refractivity contribution in [1.82, 2.24) is 10.3 Å². The Balaban J connectivity index is 2.14. The lowest BCUT2D eigenvalue weighted by Gasteiger charge is -2.29. The molecule has 1 aromatic rings. The van der Waals surface area contributed by atoms with E-state index in [-0.39, 0.29) is 5.88 Å². The van der Waals surface area contributed by atoms with Gasteiger partial charge in [0.2, 0.25) is 5.88 Å². The van der Waals surface area contributed by atoms with E-state index in [0.717, 1.165) is 31.9 Å². The van der Waals surface area contributed by atoms with Crippen LogP contribution < -0.4 is 10.2 Å². The summed E-state index contributed by atoms with van der Waals surface area (Å²) < 4.78 is 0. The van der Waals surface area contributed by atoms with Crippen molar-refractivity contribution in [2.75, 3.05) is 31.1 Å². The van der Waals surface area contributed by atoms with Crippen LogP contribution in [0, 0.1) is 0 Å². The maximum absolute atomic E-state index is 9.19. The van der Waals surface area contributed by atoms with Gasteiger partial charge in [-0.15, -0.1) is 0 Å². The molecule has 0 atom stereocenters. The van der Waals surface area contributed by atoms with Gasteiger partial charge in [0.25, 0.3) is 0 Å². The van der Waals surface area contributed by atoms with Gasteiger partial charge in [0.05, 0.1) is 0 Å². The molecule has 1 aromatic heterocycles. The van der Waals surface area contributed by atoms with Crippen LogP contribution in [0.3, 0.4) is 0 Å². The third kappa shape index (κ3) is 1.89. The summed E-state index contributed by atoms with van der Waals surface area (Å²) in [5.41, 5.74) is 1.05. The summed E-state index contributed by atoms with van der Waals surface area (Å²) in [6, 6.07) is 3.62. The molecule has 0 aromatic carbocycles. The van der Waals surface area contributed by atoms with E-state index >= 15 is 0 Å². The minimum Gasteiger partial charge on any atom is -0.493 e. The number of hydrogen-bond donors (Lipinski definition) is 2. The number of aromatic hydroxyl groups is 1. The van der Waals surface area contributed by atoms with Crippen LogP contribution >= 0.6 is 0 Å². The average molecular weight is 179 g/mol. The highest BCUT2D eigenvalue weighted by molar-refractivity contribution is 5.48. The van der Waals surface area contributed by atoms with Crippen molar-refractivity contribution in [2.45, 2.75) is 0 Å². The second-order valence-electron chi connectivity index (χ2n) is 3.11. The molecule has 2 rings (SSSR count). The van der Waals surface area contributed by atoms with Gasteiger partial charge in [0, 0.05) is 44.1 Å². The Labute approximate surface area is 77.2 Å². The van der Waals surface area contributed by atoms with Gasteiger partial charge in [-0.1, -0.05) is 0 Å². The predicted molar refractivity (Wildman–Crippen MR) is 51.0 cm³/mol. The summed E-state index contributed by atoms with van der Waals surface area (Å²) in [5.74, 6) is 0.0935. The molecule has 1 saturated heterocycles. The Kier molecular flexibility index (Phi) is 2.31. The molecule has 0 aliphatic carbocycles. The lowest BCUT2D eigenvalue weighted by atomic mass is 10.3. The van der Waals surface area contributed by atoms with Crippen LogP contribution in [0.15, 0.2) is 18.3 Å². The maximum Gasteiger partial charge on any atom is 0.212 e. The number of piperazine rings is 1. The van der Waals surface area contributed by atoms with Crippen LogP contribution in [0.4, 0.5) is 5.69 Å². The molecule has 0 amide bonds. The van der Waals surface area contributed by atoms with Crippen LogP contribution in [0.5, 0.6) is 5.88 Å². The van der Waals surface area contributed by atoms with Gasteiger partial charge in [-0.25, -0.2) is 4.98 Å². The van der Waals surface area contributed by atoms with E-state index in [1.165, 1.54) is 0 Å². The molecular weight excluding hydrogens is 166 g/mol. The van der Waals surface area contributed by atoms with Crippen molar-refractivity contribution in [2.24, 2.45) is 0 Å². The van der Waals surface area contributed by atoms with Gasteiger partial charge in [-0.05, 0) is 6.07 Å². The van der Waals surface area contributed by atoms with Crippen molar-refractivity contribution in [3.8, 4) is 5.88 Å². The first-order valence-electron chi connectivity index (χ1n) is 4.47. The predicted octanol–water partition coefficient (Wildman–Crippen LogP) is 0.197. The molecule has 0 saturated carbocycles. The molecule has 1 aliphatic rings. The van der Waals surface area contributed by atoms with E-state index in [1.807, 2.05) is 6.07 Å². The Morgan fingerprint density at radius 1 is 1.38 bits per heavy atom. The summed E-state index contributed by atoms with van der Waals surface area (Å²) in [7, 11) is 0. The van der Waals surface area contributed by atoms with Gasteiger partial charge in [0.1, 0.15) is 0 Å². The standard InChI is InChI=1S/C9H13N3O/c13-9-7-8(1-2-11-9)12-5-3-10-4-6-12/h1-2,7,10H,3-6H2,(H,11,13). The normalized spacial score (nSPS) is 17.4. The molecule has 1 fully saturated rings. The molecular formula is C9H13N3O. The van der Waals surface area contributed by atoms with E-state index in [9.17, 15) is 5.11 Å². The molecule has 1 aliphatic heterocycles. The van der Waals surface area contributed by atoms with Crippen LogP contribution in [0.25, 0.3) is 0 Å². The highest BCUT2D eigenvalue weighted by Crippen LogP contribution is 2.17. The van der Waals surface area contributed by atoms with Crippen molar-refractivity contribution in [3.63, 3.8) is 0 Å². The fourth-order valence-corrected chi connectivity index (χ4v) is 1.53. The number of pyridine rings is 1. The first-order valence-corrected chi connectivity index (χ1v) is 4.47. The quantitative estimate of drug-likeness (QED) is 0.646. The Morgan fingerprint density at radius 2 is 2.15 bits per heavy atom. The fourth-order valence-electron chi connectivity index (χ4n) is 1.53. The topological polar surface area (TPSA) is 48.4 Å². The second kappa shape index (κ2) is 3.62.